The minimum atomic E-state index is -1.50. The van der Waals surface area contributed by atoms with Crippen molar-refractivity contribution in [2.75, 3.05) is 0 Å². The van der Waals surface area contributed by atoms with Crippen molar-refractivity contribution in [3.05, 3.63) is 48.2 Å². The highest BCUT2D eigenvalue weighted by Crippen LogP contribution is 2.23. The molecule has 2 nitrogen and oxygen atoms in total. The SMILES string of the molecule is Fc1ccc(-c2cnccn2)c(F)c1F. The lowest BCUT2D eigenvalue weighted by Crippen LogP contribution is -1.95. The highest BCUT2D eigenvalue weighted by molar-refractivity contribution is 5.58. The maximum atomic E-state index is 13.3. The van der Waals surface area contributed by atoms with Crippen LogP contribution in [0.5, 0.6) is 0 Å². The van der Waals surface area contributed by atoms with Crippen molar-refractivity contribution < 1.29 is 13.2 Å². The minimum Gasteiger partial charge on any atom is -0.261 e. The summed E-state index contributed by atoms with van der Waals surface area (Å²) in [5, 5.41) is 0. The number of nitrogens with zero attached hydrogens (tertiary/aromatic N) is 2. The van der Waals surface area contributed by atoms with Gasteiger partial charge in [-0.25, -0.2) is 13.2 Å². The molecule has 0 saturated carbocycles. The van der Waals surface area contributed by atoms with Crippen molar-refractivity contribution >= 4 is 0 Å². The minimum absolute atomic E-state index is 0.109. The lowest BCUT2D eigenvalue weighted by molar-refractivity contribution is 0.449. The summed E-state index contributed by atoms with van der Waals surface area (Å²) in [6.07, 6.45) is 4.02. The molecule has 1 heterocycles. The van der Waals surface area contributed by atoms with Gasteiger partial charge in [-0.2, -0.15) is 0 Å². The lowest BCUT2D eigenvalue weighted by atomic mass is 10.1. The van der Waals surface area contributed by atoms with E-state index in [1.165, 1.54) is 18.6 Å². The lowest BCUT2D eigenvalue weighted by Gasteiger charge is -2.02. The molecule has 0 aliphatic heterocycles. The molecule has 0 bridgehead atoms. The van der Waals surface area contributed by atoms with Gasteiger partial charge in [0.05, 0.1) is 11.9 Å². The van der Waals surface area contributed by atoms with Gasteiger partial charge in [0, 0.05) is 18.0 Å². The van der Waals surface area contributed by atoms with E-state index in [0.717, 1.165) is 12.1 Å². The summed E-state index contributed by atoms with van der Waals surface area (Å²) in [4.78, 5) is 7.50. The predicted octanol–water partition coefficient (Wildman–Crippen LogP) is 2.56. The molecule has 2 aromatic rings. The molecule has 0 fully saturated rings. The molecule has 1 aromatic heterocycles. The average molecular weight is 210 g/mol. The van der Waals surface area contributed by atoms with Gasteiger partial charge in [0.25, 0.3) is 0 Å². The molecule has 0 spiro atoms. The third-order valence-corrected chi connectivity index (χ3v) is 1.87. The standard InChI is InChI=1S/C10H5F3N2/c11-7-2-1-6(9(12)10(7)13)8-5-14-3-4-15-8/h1-5H. The molecule has 5 heteroatoms. The number of benzene rings is 1. The molecule has 15 heavy (non-hydrogen) atoms. The van der Waals surface area contributed by atoms with Crippen molar-refractivity contribution in [3.63, 3.8) is 0 Å². The Balaban J connectivity index is 2.60. The number of halogens is 3. The monoisotopic (exact) mass is 210 g/mol. The summed E-state index contributed by atoms with van der Waals surface area (Å²) < 4.78 is 38.8. The first-order valence-corrected chi connectivity index (χ1v) is 4.10. The molecule has 0 radical (unpaired) electrons. The topological polar surface area (TPSA) is 25.8 Å². The van der Waals surface area contributed by atoms with Crippen LogP contribution in [-0.4, -0.2) is 9.97 Å². The van der Waals surface area contributed by atoms with E-state index in [2.05, 4.69) is 9.97 Å². The van der Waals surface area contributed by atoms with Gasteiger partial charge in [-0.1, -0.05) is 0 Å². The first-order valence-electron chi connectivity index (χ1n) is 4.10. The van der Waals surface area contributed by atoms with Crippen LogP contribution >= 0.6 is 0 Å². The normalized spacial score (nSPS) is 10.3. The second-order valence-electron chi connectivity index (χ2n) is 2.81. The van der Waals surface area contributed by atoms with Gasteiger partial charge >= 0.3 is 0 Å². The Labute approximate surface area is 83.4 Å². The van der Waals surface area contributed by atoms with E-state index in [4.69, 9.17) is 0 Å². The van der Waals surface area contributed by atoms with Crippen LogP contribution in [-0.2, 0) is 0 Å². The summed E-state index contributed by atoms with van der Waals surface area (Å²) in [6.45, 7) is 0. The fourth-order valence-electron chi connectivity index (χ4n) is 1.16. The molecular weight excluding hydrogens is 205 g/mol. The Kier molecular flexibility index (Phi) is 2.37. The fraction of sp³-hybridized carbons (Fsp3) is 0. The van der Waals surface area contributed by atoms with E-state index < -0.39 is 17.5 Å². The third kappa shape index (κ3) is 1.68. The summed E-state index contributed by atoms with van der Waals surface area (Å²) >= 11 is 0. The predicted molar refractivity (Wildman–Crippen MR) is 47.3 cm³/mol. The summed E-state index contributed by atoms with van der Waals surface area (Å²) in [5.74, 6) is -3.98. The van der Waals surface area contributed by atoms with E-state index in [1.807, 2.05) is 0 Å². The number of hydrogen-bond acceptors (Lipinski definition) is 2. The van der Waals surface area contributed by atoms with E-state index >= 15 is 0 Å². The number of rotatable bonds is 1. The van der Waals surface area contributed by atoms with Crippen LogP contribution in [0.2, 0.25) is 0 Å². The van der Waals surface area contributed by atoms with Gasteiger partial charge < -0.3 is 0 Å². The van der Waals surface area contributed by atoms with E-state index in [9.17, 15) is 13.2 Å². The zero-order valence-corrected chi connectivity index (χ0v) is 7.42. The summed E-state index contributed by atoms with van der Waals surface area (Å²) in [7, 11) is 0. The molecule has 0 atom stereocenters. The first kappa shape index (κ1) is 9.64. The van der Waals surface area contributed by atoms with Crippen LogP contribution in [0.4, 0.5) is 13.2 Å². The van der Waals surface area contributed by atoms with Crippen molar-refractivity contribution in [1.82, 2.24) is 9.97 Å². The van der Waals surface area contributed by atoms with Crippen LogP contribution in [0.3, 0.4) is 0 Å². The molecule has 0 N–H and O–H groups in total. The molecule has 76 valence electrons. The zero-order valence-electron chi connectivity index (χ0n) is 7.42. The van der Waals surface area contributed by atoms with Crippen molar-refractivity contribution in [1.29, 1.82) is 0 Å². The van der Waals surface area contributed by atoms with Gasteiger partial charge in [-0.15, -0.1) is 0 Å². The van der Waals surface area contributed by atoms with E-state index in [0.29, 0.717) is 0 Å². The van der Waals surface area contributed by atoms with Gasteiger partial charge in [0.2, 0.25) is 0 Å². The zero-order chi connectivity index (χ0) is 10.8. The van der Waals surface area contributed by atoms with Crippen LogP contribution in [0.25, 0.3) is 11.3 Å². The molecule has 0 unspecified atom stereocenters. The molecule has 1 aromatic carbocycles. The maximum absolute atomic E-state index is 13.3. The Bertz CT molecular complexity index is 486. The van der Waals surface area contributed by atoms with Gasteiger partial charge in [-0.05, 0) is 12.1 Å². The van der Waals surface area contributed by atoms with E-state index in [1.54, 1.807) is 0 Å². The smallest absolute Gasteiger partial charge is 0.195 e. The molecule has 0 aliphatic carbocycles. The quantitative estimate of drug-likeness (QED) is 0.676. The molecule has 0 aliphatic rings. The van der Waals surface area contributed by atoms with Crippen molar-refractivity contribution in [3.8, 4) is 11.3 Å². The number of aromatic nitrogens is 2. The second kappa shape index (κ2) is 3.68. The third-order valence-electron chi connectivity index (χ3n) is 1.87. The van der Waals surface area contributed by atoms with Crippen LogP contribution < -0.4 is 0 Å². The largest absolute Gasteiger partial charge is 0.261 e. The van der Waals surface area contributed by atoms with Crippen molar-refractivity contribution in [2.24, 2.45) is 0 Å². The Hall–Kier alpha value is -1.91. The van der Waals surface area contributed by atoms with Crippen LogP contribution in [0.15, 0.2) is 30.7 Å². The fourth-order valence-corrected chi connectivity index (χ4v) is 1.16. The maximum Gasteiger partial charge on any atom is 0.195 e. The van der Waals surface area contributed by atoms with Crippen molar-refractivity contribution in [2.45, 2.75) is 0 Å². The molecular formula is C10H5F3N2. The van der Waals surface area contributed by atoms with Crippen LogP contribution in [0.1, 0.15) is 0 Å². The van der Waals surface area contributed by atoms with Gasteiger partial charge in [-0.3, -0.25) is 9.97 Å². The Morgan fingerprint density at radius 3 is 2.40 bits per heavy atom. The summed E-state index contributed by atoms with van der Waals surface area (Å²) in [5.41, 5.74) is 0.0518. The highest BCUT2D eigenvalue weighted by Gasteiger charge is 2.15. The second-order valence-corrected chi connectivity index (χ2v) is 2.81. The molecule has 0 saturated heterocycles. The van der Waals surface area contributed by atoms with E-state index in [-0.39, 0.29) is 11.3 Å². The summed E-state index contributed by atoms with van der Waals surface area (Å²) in [6, 6.07) is 1.97. The van der Waals surface area contributed by atoms with Crippen LogP contribution in [0, 0.1) is 17.5 Å². The average Bonchev–Trinajstić information content (AvgIpc) is 2.27. The molecule has 0 amide bonds. The Morgan fingerprint density at radius 1 is 0.933 bits per heavy atom. The van der Waals surface area contributed by atoms with Gasteiger partial charge in [0.1, 0.15) is 0 Å². The first-order chi connectivity index (χ1) is 7.20. The highest BCUT2D eigenvalue weighted by atomic mass is 19.2. The Morgan fingerprint density at radius 2 is 1.73 bits per heavy atom. The number of hydrogen-bond donors (Lipinski definition) is 0. The molecule has 2 rings (SSSR count). The van der Waals surface area contributed by atoms with Gasteiger partial charge in [0.15, 0.2) is 17.5 Å².